The van der Waals surface area contributed by atoms with Crippen LogP contribution in [0.3, 0.4) is 0 Å². The molecule has 0 saturated heterocycles. The number of hydrogen-bond acceptors (Lipinski definition) is 3. The van der Waals surface area contributed by atoms with Crippen molar-refractivity contribution in [2.75, 3.05) is 19.3 Å². The lowest BCUT2D eigenvalue weighted by atomic mass is 10.1. The number of benzene rings is 1. The van der Waals surface area contributed by atoms with E-state index in [2.05, 4.69) is 5.32 Å². The van der Waals surface area contributed by atoms with Gasteiger partial charge in [-0.05, 0) is 37.0 Å². The normalized spacial score (nSPS) is 16.0. The van der Waals surface area contributed by atoms with Gasteiger partial charge in [0.1, 0.15) is 0 Å². The average molecular weight is 359 g/mol. The van der Waals surface area contributed by atoms with Gasteiger partial charge in [0, 0.05) is 17.6 Å². The number of nitrogens with zero attached hydrogens (tertiary/aromatic N) is 1. The van der Waals surface area contributed by atoms with E-state index in [0.29, 0.717) is 18.0 Å². The van der Waals surface area contributed by atoms with Gasteiger partial charge in [0.25, 0.3) is 0 Å². The van der Waals surface area contributed by atoms with Crippen molar-refractivity contribution in [1.29, 1.82) is 0 Å². The quantitative estimate of drug-likeness (QED) is 0.812. The maximum atomic E-state index is 12.1. The van der Waals surface area contributed by atoms with Gasteiger partial charge in [0.15, 0.2) is 0 Å². The summed E-state index contributed by atoms with van der Waals surface area (Å²) in [6.45, 7) is 0.362. The Morgan fingerprint density at radius 2 is 2.04 bits per heavy atom. The van der Waals surface area contributed by atoms with Crippen molar-refractivity contribution in [3.05, 3.63) is 34.9 Å². The number of rotatable bonds is 7. The van der Waals surface area contributed by atoms with Crippen LogP contribution in [0.15, 0.2) is 24.3 Å². The Morgan fingerprint density at radius 1 is 1.35 bits per heavy atom. The summed E-state index contributed by atoms with van der Waals surface area (Å²) in [6.07, 6.45) is 5.55. The molecule has 128 valence electrons. The van der Waals surface area contributed by atoms with Crippen LogP contribution in [0.25, 0.3) is 0 Å². The van der Waals surface area contributed by atoms with Crippen molar-refractivity contribution in [2.24, 2.45) is 0 Å². The SMILES string of the molecule is CS(=O)(=O)N(CC(=O)NCCc1cccc(Cl)c1)C1CCCC1. The third-order valence-corrected chi connectivity index (χ3v) is 5.60. The molecule has 0 atom stereocenters. The molecular weight excluding hydrogens is 336 g/mol. The van der Waals surface area contributed by atoms with Crippen LogP contribution < -0.4 is 5.32 Å². The first-order valence-electron chi connectivity index (χ1n) is 7.84. The minimum absolute atomic E-state index is 0.0383. The van der Waals surface area contributed by atoms with Gasteiger partial charge >= 0.3 is 0 Å². The summed E-state index contributed by atoms with van der Waals surface area (Å²) in [7, 11) is -3.37. The Hall–Kier alpha value is -1.11. The van der Waals surface area contributed by atoms with E-state index in [0.717, 1.165) is 31.2 Å². The van der Waals surface area contributed by atoms with Gasteiger partial charge in [-0.25, -0.2) is 8.42 Å². The summed E-state index contributed by atoms with van der Waals surface area (Å²) in [4.78, 5) is 12.1. The number of carbonyl (C=O) groups excluding carboxylic acids is 1. The van der Waals surface area contributed by atoms with Crippen LogP contribution in [0.2, 0.25) is 5.02 Å². The molecule has 0 spiro atoms. The zero-order chi connectivity index (χ0) is 16.9. The topological polar surface area (TPSA) is 66.5 Å². The second-order valence-corrected chi connectivity index (χ2v) is 8.35. The highest BCUT2D eigenvalue weighted by molar-refractivity contribution is 7.88. The molecule has 1 amide bonds. The summed E-state index contributed by atoms with van der Waals surface area (Å²) in [6, 6.07) is 7.43. The van der Waals surface area contributed by atoms with Gasteiger partial charge in [-0.1, -0.05) is 36.6 Å². The summed E-state index contributed by atoms with van der Waals surface area (Å²) < 4.78 is 25.2. The van der Waals surface area contributed by atoms with Crippen LogP contribution in [-0.4, -0.2) is 44.0 Å². The minimum atomic E-state index is -3.37. The fourth-order valence-corrected chi connectivity index (χ4v) is 4.26. The molecule has 0 heterocycles. The number of halogens is 1. The first-order valence-corrected chi connectivity index (χ1v) is 10.1. The van der Waals surface area contributed by atoms with Crippen LogP contribution in [0.1, 0.15) is 31.2 Å². The van der Waals surface area contributed by atoms with E-state index < -0.39 is 10.0 Å². The highest BCUT2D eigenvalue weighted by atomic mass is 35.5. The van der Waals surface area contributed by atoms with Crippen LogP contribution in [-0.2, 0) is 21.2 Å². The standard InChI is InChI=1S/C16H23ClN2O3S/c1-23(21,22)19(15-7-2-3-8-15)12-16(20)18-10-9-13-5-4-6-14(17)11-13/h4-6,11,15H,2-3,7-10,12H2,1H3,(H,18,20). The number of nitrogens with one attached hydrogen (secondary N) is 1. The summed E-state index contributed by atoms with van der Waals surface area (Å²) in [5, 5.41) is 3.45. The molecule has 0 aliphatic heterocycles. The molecule has 1 aromatic rings. The summed E-state index contributed by atoms with van der Waals surface area (Å²) in [5.74, 6) is -0.260. The first kappa shape index (κ1) is 18.2. The fourth-order valence-electron chi connectivity index (χ4n) is 2.95. The van der Waals surface area contributed by atoms with Gasteiger partial charge in [-0.15, -0.1) is 0 Å². The molecule has 5 nitrogen and oxygen atoms in total. The van der Waals surface area contributed by atoms with Gasteiger partial charge in [-0.3, -0.25) is 4.79 Å². The molecule has 7 heteroatoms. The lowest BCUT2D eigenvalue weighted by molar-refractivity contribution is -0.121. The molecule has 1 saturated carbocycles. The zero-order valence-electron chi connectivity index (χ0n) is 13.3. The number of sulfonamides is 1. The third kappa shape index (κ3) is 5.79. The van der Waals surface area contributed by atoms with Crippen LogP contribution in [0, 0.1) is 0 Å². The maximum Gasteiger partial charge on any atom is 0.235 e. The Kier molecular flexibility index (Phi) is 6.44. The van der Waals surface area contributed by atoms with Crippen molar-refractivity contribution in [2.45, 2.75) is 38.1 Å². The zero-order valence-corrected chi connectivity index (χ0v) is 14.9. The summed E-state index contributed by atoms with van der Waals surface area (Å²) >= 11 is 5.92. The van der Waals surface area contributed by atoms with Crippen molar-refractivity contribution in [3.63, 3.8) is 0 Å². The van der Waals surface area contributed by atoms with Gasteiger partial charge in [0.2, 0.25) is 15.9 Å². The van der Waals surface area contributed by atoms with Crippen molar-refractivity contribution in [3.8, 4) is 0 Å². The van der Waals surface area contributed by atoms with E-state index in [-0.39, 0.29) is 18.5 Å². The van der Waals surface area contributed by atoms with Gasteiger partial charge in [0.05, 0.1) is 12.8 Å². The third-order valence-electron chi connectivity index (χ3n) is 4.08. The van der Waals surface area contributed by atoms with E-state index in [1.165, 1.54) is 10.6 Å². The molecule has 23 heavy (non-hydrogen) atoms. The Morgan fingerprint density at radius 3 is 2.65 bits per heavy atom. The maximum absolute atomic E-state index is 12.1. The molecular formula is C16H23ClN2O3S. The lowest BCUT2D eigenvalue weighted by Crippen LogP contribution is -2.45. The Labute approximate surface area is 143 Å². The molecule has 1 aliphatic rings. The van der Waals surface area contributed by atoms with E-state index in [1.54, 1.807) is 6.07 Å². The van der Waals surface area contributed by atoms with Crippen molar-refractivity contribution >= 4 is 27.5 Å². The van der Waals surface area contributed by atoms with Crippen molar-refractivity contribution < 1.29 is 13.2 Å². The van der Waals surface area contributed by atoms with Crippen molar-refractivity contribution in [1.82, 2.24) is 9.62 Å². The average Bonchev–Trinajstić information content (AvgIpc) is 2.97. The summed E-state index contributed by atoms with van der Waals surface area (Å²) in [5.41, 5.74) is 1.04. The molecule has 0 aromatic heterocycles. The number of carbonyl (C=O) groups is 1. The molecule has 0 radical (unpaired) electrons. The second-order valence-electron chi connectivity index (χ2n) is 5.98. The fraction of sp³-hybridized carbons (Fsp3) is 0.562. The molecule has 0 unspecified atom stereocenters. The molecule has 0 bridgehead atoms. The first-order chi connectivity index (χ1) is 10.9. The van der Waals surface area contributed by atoms with E-state index in [9.17, 15) is 13.2 Å². The lowest BCUT2D eigenvalue weighted by Gasteiger charge is -2.25. The largest absolute Gasteiger partial charge is 0.355 e. The van der Waals surface area contributed by atoms with Crippen LogP contribution in [0.5, 0.6) is 0 Å². The van der Waals surface area contributed by atoms with E-state index in [4.69, 9.17) is 11.6 Å². The van der Waals surface area contributed by atoms with Gasteiger partial charge in [-0.2, -0.15) is 4.31 Å². The predicted molar refractivity (Wildman–Crippen MR) is 92.0 cm³/mol. The number of hydrogen-bond donors (Lipinski definition) is 1. The predicted octanol–water partition coefficient (Wildman–Crippen LogP) is 2.20. The van der Waals surface area contributed by atoms with E-state index in [1.807, 2.05) is 18.2 Å². The molecule has 2 rings (SSSR count). The van der Waals surface area contributed by atoms with Crippen LogP contribution >= 0.6 is 11.6 Å². The Bertz CT molecular complexity index is 642. The molecule has 1 N–H and O–H groups in total. The highest BCUT2D eigenvalue weighted by Gasteiger charge is 2.30. The minimum Gasteiger partial charge on any atom is -0.355 e. The van der Waals surface area contributed by atoms with Gasteiger partial charge < -0.3 is 5.32 Å². The molecule has 1 aliphatic carbocycles. The van der Waals surface area contributed by atoms with Crippen LogP contribution in [0.4, 0.5) is 0 Å². The molecule has 1 aromatic carbocycles. The monoisotopic (exact) mass is 358 g/mol. The highest BCUT2D eigenvalue weighted by Crippen LogP contribution is 2.25. The Balaban J connectivity index is 1.84. The second kappa shape index (κ2) is 8.13. The smallest absolute Gasteiger partial charge is 0.235 e. The number of amides is 1. The van der Waals surface area contributed by atoms with E-state index >= 15 is 0 Å². The molecule has 1 fully saturated rings.